The summed E-state index contributed by atoms with van der Waals surface area (Å²) < 4.78 is 59.2. The van der Waals surface area contributed by atoms with Gasteiger partial charge in [-0.2, -0.15) is 13.1 Å². The number of pyridine rings is 1. The van der Waals surface area contributed by atoms with Gasteiger partial charge < -0.3 is 29.2 Å². The molecule has 0 saturated carbocycles. The highest BCUT2D eigenvalue weighted by Gasteiger charge is 2.52. The zero-order valence-corrected chi connectivity index (χ0v) is 27.8. The molecular formula is C31H34B2ClF2N6O5S. The Balaban J connectivity index is 1.13. The molecule has 1 aromatic heterocycles. The summed E-state index contributed by atoms with van der Waals surface area (Å²) in [5, 5.41) is 10.4. The van der Waals surface area contributed by atoms with Gasteiger partial charge in [0.1, 0.15) is 11.0 Å². The van der Waals surface area contributed by atoms with Gasteiger partial charge in [0, 0.05) is 69.0 Å². The Bertz CT molecular complexity index is 1770. The number of benzene rings is 2. The van der Waals surface area contributed by atoms with Crippen LogP contribution in [-0.4, -0.2) is 117 Å². The van der Waals surface area contributed by atoms with Crippen molar-refractivity contribution in [2.45, 2.75) is 29.6 Å². The van der Waals surface area contributed by atoms with Crippen LogP contribution in [-0.2, 0) is 25.5 Å². The number of carbonyl (C=O) groups excluding carboxylic acids is 2. The summed E-state index contributed by atoms with van der Waals surface area (Å²) >= 11 is 6.16. The third-order valence-corrected chi connectivity index (χ3v) is 11.4. The molecule has 11 nitrogen and oxygen atoms in total. The van der Waals surface area contributed by atoms with Gasteiger partial charge in [-0.15, -0.1) is 0 Å². The van der Waals surface area contributed by atoms with Crippen molar-refractivity contribution in [3.05, 3.63) is 83.0 Å². The first-order valence-electron chi connectivity index (χ1n) is 15.6. The van der Waals surface area contributed by atoms with Crippen LogP contribution in [0, 0.1) is 0 Å². The molecule has 1 unspecified atom stereocenters. The van der Waals surface area contributed by atoms with Crippen LogP contribution >= 0.6 is 11.6 Å². The number of sulfonamides is 1. The second-order valence-electron chi connectivity index (χ2n) is 12.3. The van der Waals surface area contributed by atoms with Crippen LogP contribution in [0.25, 0.3) is 0 Å². The smallest absolute Gasteiger partial charge is 0.377 e. The molecule has 0 bridgehead atoms. The Kier molecular flexibility index (Phi) is 9.68. The van der Waals surface area contributed by atoms with Crippen molar-refractivity contribution in [2.75, 3.05) is 62.2 Å². The zero-order chi connectivity index (χ0) is 34.3. The van der Waals surface area contributed by atoms with Crippen LogP contribution in [0.4, 0.5) is 20.3 Å². The Morgan fingerprint density at radius 2 is 1.67 bits per heavy atom. The van der Waals surface area contributed by atoms with Gasteiger partial charge in [0.2, 0.25) is 15.9 Å². The van der Waals surface area contributed by atoms with Gasteiger partial charge in [0.05, 0.1) is 16.6 Å². The molecule has 4 heterocycles. The van der Waals surface area contributed by atoms with Gasteiger partial charge in [-0.05, 0) is 49.8 Å². The van der Waals surface area contributed by atoms with E-state index in [0.29, 0.717) is 31.5 Å². The van der Waals surface area contributed by atoms with Crippen molar-refractivity contribution in [1.82, 2.24) is 18.9 Å². The molecule has 2 aromatic carbocycles. The molecule has 1 spiro atoms. The number of aromatic nitrogens is 1. The van der Waals surface area contributed by atoms with Gasteiger partial charge in [-0.3, -0.25) is 4.79 Å². The largest absolute Gasteiger partial charge is 0.437 e. The van der Waals surface area contributed by atoms with E-state index in [1.807, 2.05) is 9.62 Å². The Hall–Kier alpha value is -3.40. The zero-order valence-electron chi connectivity index (χ0n) is 26.3. The summed E-state index contributed by atoms with van der Waals surface area (Å²) in [6.07, 6.45) is 0.843. The molecule has 3 aromatic rings. The minimum atomic E-state index is -3.91. The van der Waals surface area contributed by atoms with Crippen LogP contribution in [0.3, 0.4) is 0 Å². The first-order chi connectivity index (χ1) is 22.8. The van der Waals surface area contributed by atoms with Crippen molar-refractivity contribution in [1.29, 1.82) is 0 Å². The number of piperazine rings is 2. The van der Waals surface area contributed by atoms with Crippen LogP contribution in [0.5, 0.6) is 0 Å². The molecule has 17 heteroatoms. The van der Waals surface area contributed by atoms with E-state index in [1.165, 1.54) is 54.2 Å². The average Bonchev–Trinajstić information content (AvgIpc) is 3.40. The third-order valence-electron chi connectivity index (χ3n) is 9.32. The van der Waals surface area contributed by atoms with Crippen LogP contribution < -0.4 is 9.80 Å². The van der Waals surface area contributed by atoms with E-state index in [9.17, 15) is 23.0 Å². The molecule has 1 atom stereocenters. The topological polar surface area (TPSA) is 118 Å². The average molecular weight is 698 g/mol. The fraction of sp³-hybridized carbons (Fsp3) is 0.387. The molecule has 48 heavy (non-hydrogen) atoms. The number of carbonyl (C=O) groups is 2. The molecular weight excluding hydrogens is 664 g/mol. The second kappa shape index (κ2) is 13.5. The van der Waals surface area contributed by atoms with E-state index >= 15 is 8.78 Å². The number of hydrogen-bond donors (Lipinski definition) is 1. The van der Waals surface area contributed by atoms with Crippen molar-refractivity contribution in [3.63, 3.8) is 0 Å². The molecule has 3 saturated heterocycles. The number of nitrogens with zero attached hydrogens (tertiary/aromatic N) is 6. The molecule has 6 rings (SSSR count). The van der Waals surface area contributed by atoms with Crippen molar-refractivity contribution in [2.24, 2.45) is 0 Å². The number of halogens is 3. The van der Waals surface area contributed by atoms with Gasteiger partial charge in [-0.1, -0.05) is 41.9 Å². The lowest BCUT2D eigenvalue weighted by atomic mass is 9.74. The summed E-state index contributed by atoms with van der Waals surface area (Å²) in [5.74, 6) is -3.23. The maximum atomic E-state index is 15.3. The van der Waals surface area contributed by atoms with Gasteiger partial charge in [0.25, 0.3) is 13.3 Å². The summed E-state index contributed by atoms with van der Waals surface area (Å²) in [7, 11) is -3.26. The first-order valence-corrected chi connectivity index (χ1v) is 17.4. The molecule has 3 aliphatic heterocycles. The molecule has 1 N–H and O–H groups in total. The van der Waals surface area contributed by atoms with E-state index in [0.717, 1.165) is 6.07 Å². The first kappa shape index (κ1) is 34.5. The summed E-state index contributed by atoms with van der Waals surface area (Å²) in [6.45, 7) is 3.94. The number of amides is 1. The van der Waals surface area contributed by atoms with E-state index < -0.39 is 28.5 Å². The second-order valence-corrected chi connectivity index (χ2v) is 14.6. The molecule has 0 aliphatic carbocycles. The molecule has 3 aliphatic rings. The van der Waals surface area contributed by atoms with Crippen LogP contribution in [0.15, 0.2) is 71.6 Å². The van der Waals surface area contributed by atoms with E-state index in [1.54, 1.807) is 34.8 Å². The lowest BCUT2D eigenvalue weighted by molar-refractivity contribution is -0.118. The van der Waals surface area contributed by atoms with Crippen LogP contribution in [0.2, 0.25) is 12.0 Å². The fourth-order valence-corrected chi connectivity index (χ4v) is 8.54. The maximum absolute atomic E-state index is 15.3. The van der Waals surface area contributed by atoms with E-state index in [-0.39, 0.29) is 72.0 Å². The number of hydrogen-bond acceptors (Lipinski definition) is 9. The SMILES string of the molecule is CB(O)N1CCN([B]C=O)CC12CC(=O)N(c1ccc(S(=O)(=O)N3CCN(c4cc(C(F)(F)c5ccccc5)cc(Cl)n4)CC3)cc1)C2. The van der Waals surface area contributed by atoms with Crippen molar-refractivity contribution < 1.29 is 31.8 Å². The quantitative estimate of drug-likeness (QED) is 0.205. The minimum Gasteiger partial charge on any atom is -0.437 e. The van der Waals surface area contributed by atoms with E-state index in [4.69, 9.17) is 11.6 Å². The fourth-order valence-electron chi connectivity index (χ4n) is 6.91. The normalized spacial score (nSPS) is 21.6. The van der Waals surface area contributed by atoms with Crippen molar-refractivity contribution >= 4 is 59.7 Å². The van der Waals surface area contributed by atoms with Crippen molar-refractivity contribution in [3.8, 4) is 0 Å². The Morgan fingerprint density at radius 1 is 0.979 bits per heavy atom. The predicted octanol–water partition coefficient (Wildman–Crippen LogP) is 2.40. The standard InChI is InChI=1S/C31H34B2ClF2N6O5S/c1-33(45)42-16-13-39(32-22-43)20-30(42)19-29(44)41(21-30)25-7-9-26(10-8-25)48(46,47)40-14-11-38(12-15-40)28-18-24(17-27(34)37-28)31(35,36)23-5-3-2-4-6-23/h2-10,17-18,22,45H,11-16,19-21H2,1H3. The summed E-state index contributed by atoms with van der Waals surface area (Å²) in [4.78, 5) is 35.7. The van der Waals surface area contributed by atoms with Gasteiger partial charge >= 0.3 is 7.05 Å². The Morgan fingerprint density at radius 3 is 2.31 bits per heavy atom. The van der Waals surface area contributed by atoms with Crippen LogP contribution in [0.1, 0.15) is 17.5 Å². The highest BCUT2D eigenvalue weighted by Crippen LogP contribution is 2.39. The third kappa shape index (κ3) is 6.61. The maximum Gasteiger partial charge on any atom is 0.377 e. The highest BCUT2D eigenvalue weighted by molar-refractivity contribution is 7.89. The number of rotatable bonds is 9. The Labute approximate surface area is 284 Å². The summed E-state index contributed by atoms with van der Waals surface area (Å²) in [6, 6.07) is 16.0. The number of alkyl halides is 2. The monoisotopic (exact) mass is 697 g/mol. The lowest BCUT2D eigenvalue weighted by Gasteiger charge is -2.49. The molecule has 3 fully saturated rings. The highest BCUT2D eigenvalue weighted by atomic mass is 35.5. The lowest BCUT2D eigenvalue weighted by Crippen LogP contribution is -2.67. The molecule has 1 amide bonds. The minimum absolute atomic E-state index is 0.0572. The molecule has 1 radical (unpaired) electrons. The predicted molar refractivity (Wildman–Crippen MR) is 180 cm³/mol. The number of anilines is 2. The van der Waals surface area contributed by atoms with Gasteiger partial charge in [-0.25, -0.2) is 13.4 Å². The van der Waals surface area contributed by atoms with Gasteiger partial charge in [0.15, 0.2) is 0 Å². The van der Waals surface area contributed by atoms with E-state index in [2.05, 4.69) is 4.98 Å². The molecule has 251 valence electrons. The summed E-state index contributed by atoms with van der Waals surface area (Å²) in [5.41, 5.74) is -0.675.